The smallest absolute Gasteiger partial charge is 0.136 e. The summed E-state index contributed by atoms with van der Waals surface area (Å²) in [6.07, 6.45) is 0. The summed E-state index contributed by atoms with van der Waals surface area (Å²) in [6, 6.07) is 61.7. The van der Waals surface area contributed by atoms with Crippen LogP contribution in [0.5, 0.6) is 0 Å². The molecule has 0 atom stereocenters. The summed E-state index contributed by atoms with van der Waals surface area (Å²) >= 11 is 0. The zero-order valence-corrected chi connectivity index (χ0v) is 27.5. The Morgan fingerprint density at radius 1 is 0.333 bits per heavy atom. The van der Waals surface area contributed by atoms with Gasteiger partial charge in [-0.05, 0) is 75.8 Å². The predicted molar refractivity (Wildman–Crippen MR) is 214 cm³/mol. The Bertz CT molecular complexity index is 3340. The number of para-hydroxylation sites is 3. The van der Waals surface area contributed by atoms with E-state index in [0.29, 0.717) is 0 Å². The van der Waals surface area contributed by atoms with Crippen LogP contribution in [0.15, 0.2) is 174 Å². The van der Waals surface area contributed by atoms with E-state index in [1.165, 1.54) is 81.5 Å². The lowest BCUT2D eigenvalue weighted by molar-refractivity contribution is 0.669. The SMILES string of the molecule is c1ccc(-c2cc3oc4cccc5c6c(-n7c8ccccc8c8ccc9c%10ccccc%10n(-c%10ccccc%10)c9c87)cccc6c(c2)c3c45)cc1. The number of benzene rings is 9. The van der Waals surface area contributed by atoms with E-state index in [9.17, 15) is 0 Å². The molecule has 0 aliphatic heterocycles. The lowest BCUT2D eigenvalue weighted by Crippen LogP contribution is -2.00. The fourth-order valence-electron chi connectivity index (χ4n) is 8.99. The van der Waals surface area contributed by atoms with Crippen LogP contribution in [0.2, 0.25) is 0 Å². The minimum atomic E-state index is 0.920. The van der Waals surface area contributed by atoms with Crippen LogP contribution in [0.3, 0.4) is 0 Å². The van der Waals surface area contributed by atoms with Crippen molar-refractivity contribution in [1.29, 1.82) is 0 Å². The molecule has 3 heteroatoms. The van der Waals surface area contributed by atoms with Gasteiger partial charge >= 0.3 is 0 Å². The van der Waals surface area contributed by atoms with Crippen molar-refractivity contribution in [2.24, 2.45) is 0 Å². The lowest BCUT2D eigenvalue weighted by atomic mass is 9.91. The molecule has 3 heterocycles. The summed E-state index contributed by atoms with van der Waals surface area (Å²) in [5.41, 5.74) is 11.3. The molecule has 0 fully saturated rings. The van der Waals surface area contributed by atoms with Crippen LogP contribution in [0.4, 0.5) is 0 Å². The van der Waals surface area contributed by atoms with Crippen molar-refractivity contribution in [3.8, 4) is 22.5 Å². The fourth-order valence-corrected chi connectivity index (χ4v) is 8.99. The molecular weight excluding hydrogens is 621 g/mol. The largest absolute Gasteiger partial charge is 0.456 e. The summed E-state index contributed by atoms with van der Waals surface area (Å²) in [7, 11) is 0. The summed E-state index contributed by atoms with van der Waals surface area (Å²) in [5.74, 6) is 0. The number of hydrogen-bond donors (Lipinski definition) is 0. The van der Waals surface area contributed by atoms with Crippen molar-refractivity contribution in [2.75, 3.05) is 0 Å². The van der Waals surface area contributed by atoms with Gasteiger partial charge in [-0.15, -0.1) is 0 Å². The Morgan fingerprint density at radius 3 is 1.69 bits per heavy atom. The molecule has 236 valence electrons. The van der Waals surface area contributed by atoms with Gasteiger partial charge in [-0.1, -0.05) is 121 Å². The van der Waals surface area contributed by atoms with Crippen molar-refractivity contribution in [3.05, 3.63) is 170 Å². The van der Waals surface area contributed by atoms with E-state index < -0.39 is 0 Å². The molecule has 12 aromatic rings. The van der Waals surface area contributed by atoms with Gasteiger partial charge in [-0.3, -0.25) is 0 Å². The Balaban J connectivity index is 1.32. The quantitative estimate of drug-likeness (QED) is 0.175. The molecule has 12 rings (SSSR count). The Morgan fingerprint density at radius 2 is 0.922 bits per heavy atom. The van der Waals surface area contributed by atoms with E-state index in [4.69, 9.17) is 4.42 Å². The first-order chi connectivity index (χ1) is 25.3. The maximum absolute atomic E-state index is 6.66. The van der Waals surface area contributed by atoms with Crippen molar-refractivity contribution in [1.82, 2.24) is 9.13 Å². The van der Waals surface area contributed by atoms with Crippen molar-refractivity contribution in [2.45, 2.75) is 0 Å². The number of nitrogens with zero attached hydrogens (tertiary/aromatic N) is 2. The molecule has 0 saturated carbocycles. The molecular formula is C48H28N2O. The number of aromatic nitrogens is 2. The molecule has 0 unspecified atom stereocenters. The molecule has 0 aliphatic carbocycles. The number of rotatable bonds is 3. The van der Waals surface area contributed by atoms with E-state index in [-0.39, 0.29) is 0 Å². The van der Waals surface area contributed by atoms with Gasteiger partial charge in [0.05, 0.1) is 27.8 Å². The highest BCUT2D eigenvalue weighted by Gasteiger charge is 2.24. The van der Waals surface area contributed by atoms with Crippen molar-refractivity contribution in [3.63, 3.8) is 0 Å². The zero-order valence-electron chi connectivity index (χ0n) is 27.5. The molecule has 0 radical (unpaired) electrons. The van der Waals surface area contributed by atoms with Gasteiger partial charge in [0.2, 0.25) is 0 Å². The molecule has 3 aromatic heterocycles. The van der Waals surface area contributed by atoms with E-state index in [0.717, 1.165) is 28.1 Å². The first-order valence-electron chi connectivity index (χ1n) is 17.5. The third-order valence-electron chi connectivity index (χ3n) is 11.0. The van der Waals surface area contributed by atoms with Gasteiger partial charge < -0.3 is 13.6 Å². The van der Waals surface area contributed by atoms with Gasteiger partial charge in [0, 0.05) is 43.4 Å². The third-order valence-corrected chi connectivity index (χ3v) is 11.0. The number of furan rings is 1. The predicted octanol–water partition coefficient (Wildman–Crippen LogP) is 13.2. The van der Waals surface area contributed by atoms with Gasteiger partial charge in [0.1, 0.15) is 11.2 Å². The van der Waals surface area contributed by atoms with Crippen LogP contribution in [0.25, 0.3) is 110 Å². The maximum atomic E-state index is 6.66. The summed E-state index contributed by atoms with van der Waals surface area (Å²) in [5, 5.41) is 12.2. The summed E-state index contributed by atoms with van der Waals surface area (Å²) in [4.78, 5) is 0. The third kappa shape index (κ3) is 3.52. The standard InChI is InChI=1S/C48H28N2O/c1-3-13-29(14-4-1)30-27-38-34-19-11-23-41(44(34)37-20-12-24-42-45(37)46(38)43(28-30)51-42)50-40-22-10-8-18-33(40)36-26-25-35-32-17-7-9-21-39(32)49(47(35)48(36)50)31-15-5-2-6-16-31/h1-28H. The molecule has 0 spiro atoms. The lowest BCUT2D eigenvalue weighted by Gasteiger charge is -2.17. The van der Waals surface area contributed by atoms with E-state index >= 15 is 0 Å². The Kier molecular flexibility index (Phi) is 5.23. The first kappa shape index (κ1) is 27.0. The topological polar surface area (TPSA) is 23.0 Å². The van der Waals surface area contributed by atoms with Crippen LogP contribution < -0.4 is 0 Å². The average Bonchev–Trinajstić information content (AvgIpc) is 3.86. The van der Waals surface area contributed by atoms with Gasteiger partial charge in [-0.2, -0.15) is 0 Å². The van der Waals surface area contributed by atoms with Crippen LogP contribution in [0.1, 0.15) is 0 Å². The fraction of sp³-hybridized carbons (Fsp3) is 0. The normalized spacial score (nSPS) is 12.3. The molecule has 3 nitrogen and oxygen atoms in total. The van der Waals surface area contributed by atoms with Gasteiger partial charge in [0.15, 0.2) is 0 Å². The first-order valence-corrected chi connectivity index (χ1v) is 17.5. The van der Waals surface area contributed by atoms with Crippen LogP contribution >= 0.6 is 0 Å². The van der Waals surface area contributed by atoms with E-state index in [1.54, 1.807) is 0 Å². The highest BCUT2D eigenvalue weighted by atomic mass is 16.3. The minimum Gasteiger partial charge on any atom is -0.456 e. The average molecular weight is 649 g/mol. The Hall–Kier alpha value is -6.84. The van der Waals surface area contributed by atoms with Crippen LogP contribution in [-0.4, -0.2) is 9.13 Å². The monoisotopic (exact) mass is 648 g/mol. The molecule has 0 bridgehead atoms. The van der Waals surface area contributed by atoms with Crippen molar-refractivity contribution < 1.29 is 4.42 Å². The van der Waals surface area contributed by atoms with Crippen LogP contribution in [-0.2, 0) is 0 Å². The molecule has 9 aromatic carbocycles. The molecule has 0 aliphatic rings. The maximum Gasteiger partial charge on any atom is 0.136 e. The molecule has 0 N–H and O–H groups in total. The second-order valence-corrected chi connectivity index (χ2v) is 13.6. The van der Waals surface area contributed by atoms with Gasteiger partial charge in [-0.25, -0.2) is 0 Å². The zero-order chi connectivity index (χ0) is 33.2. The summed E-state index contributed by atoms with van der Waals surface area (Å²) < 4.78 is 11.7. The Labute approximate surface area is 292 Å². The van der Waals surface area contributed by atoms with Crippen molar-refractivity contribution >= 4 is 87.1 Å². The highest BCUT2D eigenvalue weighted by molar-refractivity contribution is 6.35. The molecule has 51 heavy (non-hydrogen) atoms. The minimum absolute atomic E-state index is 0.920. The second kappa shape index (κ2) is 9.87. The number of hydrogen-bond acceptors (Lipinski definition) is 1. The van der Waals surface area contributed by atoms with E-state index in [2.05, 4.69) is 179 Å². The number of fused-ring (bicyclic) bond motifs is 10. The van der Waals surface area contributed by atoms with Gasteiger partial charge in [0.25, 0.3) is 0 Å². The molecule has 0 saturated heterocycles. The van der Waals surface area contributed by atoms with Crippen LogP contribution in [0, 0.1) is 0 Å². The second-order valence-electron chi connectivity index (χ2n) is 13.6. The highest BCUT2D eigenvalue weighted by Crippen LogP contribution is 2.48. The van der Waals surface area contributed by atoms with E-state index in [1.807, 2.05) is 0 Å². The molecule has 0 amide bonds. The summed E-state index contributed by atoms with van der Waals surface area (Å²) in [6.45, 7) is 0.